The van der Waals surface area contributed by atoms with Crippen LogP contribution in [0.15, 0.2) is 4.79 Å². The number of hydrogen-bond donors (Lipinski definition) is 3. The first kappa shape index (κ1) is 11.2. The zero-order valence-electron chi connectivity index (χ0n) is 9.11. The van der Waals surface area contributed by atoms with Gasteiger partial charge in [-0.1, -0.05) is 0 Å². The first-order valence-electron chi connectivity index (χ1n) is 4.98. The van der Waals surface area contributed by atoms with Crippen LogP contribution >= 0.6 is 0 Å². The van der Waals surface area contributed by atoms with Crippen LogP contribution in [0.25, 0.3) is 0 Å². The maximum absolute atomic E-state index is 11.6. The smallest absolute Gasteiger partial charge is 0.293 e. The lowest BCUT2D eigenvalue weighted by Gasteiger charge is -2.21. The number of fused-ring (bicyclic) bond motifs is 1. The van der Waals surface area contributed by atoms with Gasteiger partial charge >= 0.3 is 0 Å². The van der Waals surface area contributed by atoms with Crippen molar-refractivity contribution < 1.29 is 14.7 Å². The van der Waals surface area contributed by atoms with Crippen molar-refractivity contribution in [3.05, 3.63) is 27.2 Å². The Hall–Kier alpha value is -2.31. The van der Waals surface area contributed by atoms with Crippen molar-refractivity contribution >= 4 is 11.8 Å². The molecule has 90 valence electrons. The van der Waals surface area contributed by atoms with Gasteiger partial charge in [0.15, 0.2) is 5.75 Å². The van der Waals surface area contributed by atoms with Crippen LogP contribution in [0.2, 0.25) is 0 Å². The van der Waals surface area contributed by atoms with Gasteiger partial charge in [-0.2, -0.15) is 0 Å². The highest BCUT2D eigenvalue weighted by Gasteiger charge is 2.29. The monoisotopic (exact) mass is 237 g/mol. The molecule has 1 aromatic rings. The summed E-state index contributed by atoms with van der Waals surface area (Å²) in [5, 5.41) is 12.1. The Labute approximate surface area is 95.8 Å². The van der Waals surface area contributed by atoms with E-state index in [-0.39, 0.29) is 11.3 Å². The lowest BCUT2D eigenvalue weighted by Crippen LogP contribution is -2.38. The Balaban J connectivity index is 2.92. The second-order valence-corrected chi connectivity index (χ2v) is 3.79. The summed E-state index contributed by atoms with van der Waals surface area (Å²) < 4.78 is 0.967. The first-order valence-corrected chi connectivity index (χ1v) is 4.98. The van der Waals surface area contributed by atoms with Crippen molar-refractivity contribution in [1.82, 2.24) is 9.88 Å². The van der Waals surface area contributed by atoms with Crippen LogP contribution in [0.1, 0.15) is 26.4 Å². The zero-order valence-corrected chi connectivity index (χ0v) is 9.11. The maximum atomic E-state index is 11.6. The molecule has 2 heterocycles. The lowest BCUT2D eigenvalue weighted by atomic mass is 9.97. The lowest BCUT2D eigenvalue weighted by molar-refractivity contribution is 0.0941. The first-order chi connectivity index (χ1) is 7.95. The number of hydrogen-bond acceptors (Lipinski definition) is 4. The number of aromatic nitrogens is 1. The van der Waals surface area contributed by atoms with Gasteiger partial charge in [0.05, 0.1) is 5.56 Å². The summed E-state index contributed by atoms with van der Waals surface area (Å²) in [5.74, 6) is -2.01. The van der Waals surface area contributed by atoms with E-state index in [1.54, 1.807) is 0 Å². The molecule has 0 bridgehead atoms. The van der Waals surface area contributed by atoms with Crippen LogP contribution < -0.4 is 16.6 Å². The summed E-state index contributed by atoms with van der Waals surface area (Å²) in [4.78, 5) is 34.5. The van der Waals surface area contributed by atoms with Crippen molar-refractivity contribution in [2.45, 2.75) is 6.42 Å². The van der Waals surface area contributed by atoms with Crippen LogP contribution in [-0.2, 0) is 13.5 Å². The third-order valence-electron chi connectivity index (χ3n) is 2.79. The van der Waals surface area contributed by atoms with Crippen molar-refractivity contribution in [3.8, 4) is 5.75 Å². The minimum Gasteiger partial charge on any atom is -0.502 e. The van der Waals surface area contributed by atoms with Gasteiger partial charge in [0.1, 0.15) is 5.69 Å². The van der Waals surface area contributed by atoms with Crippen molar-refractivity contribution in [2.24, 2.45) is 12.8 Å². The molecule has 2 amide bonds. The van der Waals surface area contributed by atoms with Crippen molar-refractivity contribution in [2.75, 3.05) is 6.54 Å². The third kappa shape index (κ3) is 1.47. The normalized spacial score (nSPS) is 14.1. The van der Waals surface area contributed by atoms with Gasteiger partial charge in [0, 0.05) is 13.6 Å². The average molecular weight is 237 g/mol. The maximum Gasteiger partial charge on any atom is 0.293 e. The highest BCUT2D eigenvalue weighted by Crippen LogP contribution is 2.23. The minimum atomic E-state index is -0.811. The van der Waals surface area contributed by atoms with E-state index < -0.39 is 23.1 Å². The zero-order chi connectivity index (χ0) is 12.7. The number of pyridine rings is 1. The molecular weight excluding hydrogens is 226 g/mol. The minimum absolute atomic E-state index is 0.0300. The van der Waals surface area contributed by atoms with Gasteiger partial charge < -0.3 is 20.7 Å². The number of aromatic hydroxyl groups is 1. The summed E-state index contributed by atoms with van der Waals surface area (Å²) in [7, 11) is 1.33. The van der Waals surface area contributed by atoms with E-state index in [2.05, 4.69) is 5.32 Å². The van der Waals surface area contributed by atoms with Gasteiger partial charge in [-0.25, -0.2) is 0 Å². The molecule has 0 radical (unpaired) electrons. The van der Waals surface area contributed by atoms with Gasteiger partial charge in [-0.3, -0.25) is 14.4 Å². The second-order valence-electron chi connectivity index (χ2n) is 3.79. The van der Waals surface area contributed by atoms with Crippen LogP contribution in [0.4, 0.5) is 0 Å². The fraction of sp³-hybridized carbons (Fsp3) is 0.300. The number of nitrogens with one attached hydrogen (secondary N) is 1. The predicted molar refractivity (Wildman–Crippen MR) is 57.9 cm³/mol. The summed E-state index contributed by atoms with van der Waals surface area (Å²) in [6, 6.07) is 0. The molecule has 0 saturated carbocycles. The summed E-state index contributed by atoms with van der Waals surface area (Å²) in [5.41, 5.74) is 4.53. The highest BCUT2D eigenvalue weighted by atomic mass is 16.3. The fourth-order valence-corrected chi connectivity index (χ4v) is 2.02. The molecule has 0 aliphatic carbocycles. The van der Waals surface area contributed by atoms with Crippen molar-refractivity contribution in [3.63, 3.8) is 0 Å². The summed E-state index contributed by atoms with van der Waals surface area (Å²) in [6.45, 7) is 0.337. The second kappa shape index (κ2) is 3.62. The SMILES string of the molecule is Cn1c(C(N)=O)c2c(c(O)c1=O)C(=O)NCC2. The van der Waals surface area contributed by atoms with Crippen molar-refractivity contribution in [1.29, 1.82) is 0 Å². The molecule has 0 unspecified atom stereocenters. The molecule has 4 N–H and O–H groups in total. The van der Waals surface area contributed by atoms with E-state index in [1.807, 2.05) is 0 Å². The highest BCUT2D eigenvalue weighted by molar-refractivity contribution is 6.03. The Morgan fingerprint density at radius 1 is 1.47 bits per heavy atom. The van der Waals surface area contributed by atoms with E-state index >= 15 is 0 Å². The van der Waals surface area contributed by atoms with Gasteiger partial charge in [0.25, 0.3) is 17.4 Å². The Morgan fingerprint density at radius 2 is 2.12 bits per heavy atom. The molecule has 7 nitrogen and oxygen atoms in total. The summed E-state index contributed by atoms with van der Waals surface area (Å²) in [6.07, 6.45) is 0.348. The number of carbonyl (C=O) groups excluding carboxylic acids is 2. The average Bonchev–Trinajstić information content (AvgIpc) is 2.25. The number of rotatable bonds is 1. The quantitative estimate of drug-likeness (QED) is 0.550. The standard InChI is InChI=1S/C10H11N3O4/c1-13-6(8(11)15)4-2-3-12-9(16)5(4)7(14)10(13)17/h14H,2-3H2,1H3,(H2,11,15)(H,12,16). The molecule has 0 aromatic carbocycles. The largest absolute Gasteiger partial charge is 0.502 e. The molecule has 0 fully saturated rings. The third-order valence-corrected chi connectivity index (χ3v) is 2.79. The van der Waals surface area contributed by atoms with E-state index in [1.165, 1.54) is 7.05 Å². The summed E-state index contributed by atoms with van der Waals surface area (Å²) >= 11 is 0. The van der Waals surface area contributed by atoms with E-state index in [0.717, 1.165) is 4.57 Å². The molecule has 7 heteroatoms. The van der Waals surface area contributed by atoms with Gasteiger partial charge in [0.2, 0.25) is 0 Å². The van der Waals surface area contributed by atoms with E-state index in [9.17, 15) is 19.5 Å². The molecule has 1 aliphatic rings. The molecule has 0 spiro atoms. The fourth-order valence-electron chi connectivity index (χ4n) is 2.02. The molecule has 0 saturated heterocycles. The predicted octanol–water partition coefficient (Wildman–Crippen LogP) is -1.52. The number of nitrogens with zero attached hydrogens (tertiary/aromatic N) is 1. The van der Waals surface area contributed by atoms with Gasteiger partial charge in [-0.05, 0) is 12.0 Å². The van der Waals surface area contributed by atoms with E-state index in [0.29, 0.717) is 18.5 Å². The molecule has 1 aromatic heterocycles. The molecule has 17 heavy (non-hydrogen) atoms. The Bertz CT molecular complexity index is 562. The topological polar surface area (TPSA) is 114 Å². The number of primary amides is 1. The number of carbonyl (C=O) groups is 2. The molecular formula is C10H11N3O4. The Kier molecular flexibility index (Phi) is 2.38. The van der Waals surface area contributed by atoms with Gasteiger partial charge in [-0.15, -0.1) is 0 Å². The molecule has 2 rings (SSSR count). The molecule has 0 atom stereocenters. The number of amides is 2. The van der Waals surface area contributed by atoms with Crippen LogP contribution in [0, 0.1) is 0 Å². The number of nitrogens with two attached hydrogens (primary N) is 1. The Morgan fingerprint density at radius 3 is 2.71 bits per heavy atom. The van der Waals surface area contributed by atoms with Crippen LogP contribution in [0.5, 0.6) is 5.75 Å². The molecule has 1 aliphatic heterocycles. The van der Waals surface area contributed by atoms with E-state index in [4.69, 9.17) is 5.73 Å². The van der Waals surface area contributed by atoms with Crippen LogP contribution in [-0.4, -0.2) is 28.0 Å². The van der Waals surface area contributed by atoms with Crippen LogP contribution in [0.3, 0.4) is 0 Å².